The minimum atomic E-state index is 0.474. The molecule has 1 nitrogen and oxygen atoms in total. The Morgan fingerprint density at radius 1 is 1.15 bits per heavy atom. The molecule has 0 aromatic heterocycles. The molecule has 13 heavy (non-hydrogen) atoms. The number of carbonyl (C=O) groups is 1. The molecule has 0 rings (SSSR count). The summed E-state index contributed by atoms with van der Waals surface area (Å²) in [6.07, 6.45) is 7.42. The van der Waals surface area contributed by atoms with Gasteiger partial charge in [-0.2, -0.15) is 0 Å². The lowest BCUT2D eigenvalue weighted by molar-refractivity contribution is -0.120. The highest BCUT2D eigenvalue weighted by Gasteiger charge is 2.10. The van der Waals surface area contributed by atoms with Gasteiger partial charge in [0.25, 0.3) is 0 Å². The van der Waals surface area contributed by atoms with Crippen molar-refractivity contribution in [3.8, 4) is 0 Å². The van der Waals surface area contributed by atoms with Gasteiger partial charge in [-0.1, -0.05) is 46.5 Å². The van der Waals surface area contributed by atoms with E-state index in [9.17, 15) is 4.79 Å². The summed E-state index contributed by atoms with van der Waals surface area (Å²) in [5.74, 6) is 1.12. The molecule has 78 valence electrons. The summed E-state index contributed by atoms with van der Waals surface area (Å²) in [6.45, 7) is 6.52. The first-order valence-corrected chi connectivity index (χ1v) is 5.76. The van der Waals surface area contributed by atoms with Gasteiger partial charge in [-0.05, 0) is 12.3 Å². The van der Waals surface area contributed by atoms with Crippen molar-refractivity contribution in [2.24, 2.45) is 5.92 Å². The molecule has 0 bridgehead atoms. The molecule has 0 aliphatic rings. The van der Waals surface area contributed by atoms with E-state index in [-0.39, 0.29) is 0 Å². The highest BCUT2D eigenvalue weighted by molar-refractivity contribution is 5.78. The van der Waals surface area contributed by atoms with Gasteiger partial charge in [0.2, 0.25) is 0 Å². The predicted octanol–water partition coefficient (Wildman–Crippen LogP) is 3.96. The molecular weight excluding hydrogens is 160 g/mol. The molecule has 0 spiro atoms. The average molecular weight is 184 g/mol. The molecule has 1 heteroatoms. The number of rotatable bonds is 8. The minimum Gasteiger partial charge on any atom is -0.300 e. The highest BCUT2D eigenvalue weighted by atomic mass is 16.1. The Balaban J connectivity index is 3.60. The Bertz CT molecular complexity index is 129. The van der Waals surface area contributed by atoms with E-state index in [0.717, 1.165) is 32.1 Å². The van der Waals surface area contributed by atoms with Gasteiger partial charge in [0.05, 0.1) is 0 Å². The van der Waals surface area contributed by atoms with Crippen molar-refractivity contribution in [2.45, 2.75) is 65.7 Å². The maximum absolute atomic E-state index is 11.4. The summed E-state index contributed by atoms with van der Waals surface area (Å²) >= 11 is 0. The predicted molar refractivity (Wildman–Crippen MR) is 57.8 cm³/mol. The van der Waals surface area contributed by atoms with Crippen molar-refractivity contribution in [1.82, 2.24) is 0 Å². The Morgan fingerprint density at radius 2 is 1.85 bits per heavy atom. The molecule has 0 saturated heterocycles. The standard InChI is InChI=1S/C12H24O/c1-4-7-9-12(13)10-11(6-3)8-5-2/h11H,4-10H2,1-3H3. The van der Waals surface area contributed by atoms with Gasteiger partial charge in [-0.3, -0.25) is 4.79 Å². The van der Waals surface area contributed by atoms with Crippen LogP contribution in [0.3, 0.4) is 0 Å². The van der Waals surface area contributed by atoms with E-state index in [1.807, 2.05) is 0 Å². The van der Waals surface area contributed by atoms with Gasteiger partial charge in [-0.25, -0.2) is 0 Å². The topological polar surface area (TPSA) is 17.1 Å². The van der Waals surface area contributed by atoms with Gasteiger partial charge in [0.1, 0.15) is 5.78 Å². The summed E-state index contributed by atoms with van der Waals surface area (Å²) in [4.78, 5) is 11.4. The number of Topliss-reactive ketones (excluding diaryl/α,β-unsaturated/α-hetero) is 1. The van der Waals surface area contributed by atoms with Crippen molar-refractivity contribution in [2.75, 3.05) is 0 Å². The highest BCUT2D eigenvalue weighted by Crippen LogP contribution is 2.16. The molecule has 0 aromatic carbocycles. The normalized spacial score (nSPS) is 12.8. The zero-order valence-electron chi connectivity index (χ0n) is 9.44. The number of unbranched alkanes of at least 4 members (excludes halogenated alkanes) is 1. The van der Waals surface area contributed by atoms with Crippen molar-refractivity contribution >= 4 is 5.78 Å². The second kappa shape index (κ2) is 8.28. The molecule has 0 saturated carbocycles. The minimum absolute atomic E-state index is 0.474. The quantitative estimate of drug-likeness (QED) is 0.558. The smallest absolute Gasteiger partial charge is 0.133 e. The van der Waals surface area contributed by atoms with Crippen LogP contribution in [0.1, 0.15) is 65.7 Å². The zero-order chi connectivity index (χ0) is 10.1. The Hall–Kier alpha value is -0.330. The van der Waals surface area contributed by atoms with Crippen LogP contribution in [0.5, 0.6) is 0 Å². The van der Waals surface area contributed by atoms with E-state index in [4.69, 9.17) is 0 Å². The third-order valence-electron chi connectivity index (χ3n) is 2.60. The van der Waals surface area contributed by atoms with Gasteiger partial charge in [0.15, 0.2) is 0 Å². The van der Waals surface area contributed by atoms with Crippen LogP contribution in [0.2, 0.25) is 0 Å². The average Bonchev–Trinajstić information content (AvgIpc) is 2.14. The van der Waals surface area contributed by atoms with Gasteiger partial charge in [0, 0.05) is 12.8 Å². The maximum atomic E-state index is 11.4. The lowest BCUT2D eigenvalue weighted by Gasteiger charge is -2.11. The molecule has 1 unspecified atom stereocenters. The molecule has 0 amide bonds. The van der Waals surface area contributed by atoms with Crippen LogP contribution >= 0.6 is 0 Å². The third kappa shape index (κ3) is 6.80. The first kappa shape index (κ1) is 12.7. The van der Waals surface area contributed by atoms with E-state index >= 15 is 0 Å². The fourth-order valence-corrected chi connectivity index (χ4v) is 1.66. The number of carbonyl (C=O) groups excluding carboxylic acids is 1. The van der Waals surface area contributed by atoms with Crippen molar-refractivity contribution in [3.63, 3.8) is 0 Å². The van der Waals surface area contributed by atoms with E-state index in [0.29, 0.717) is 11.7 Å². The lowest BCUT2D eigenvalue weighted by atomic mass is 9.93. The first-order chi connectivity index (χ1) is 6.24. The van der Waals surface area contributed by atoms with Crippen LogP contribution in [0.4, 0.5) is 0 Å². The zero-order valence-corrected chi connectivity index (χ0v) is 9.44. The van der Waals surface area contributed by atoms with E-state index < -0.39 is 0 Å². The monoisotopic (exact) mass is 184 g/mol. The summed E-state index contributed by atoms with van der Waals surface area (Å²) in [6, 6.07) is 0. The lowest BCUT2D eigenvalue weighted by Crippen LogP contribution is -2.07. The van der Waals surface area contributed by atoms with Gasteiger partial charge >= 0.3 is 0 Å². The Kier molecular flexibility index (Phi) is 8.07. The molecule has 1 atom stereocenters. The summed E-state index contributed by atoms with van der Waals surface area (Å²) in [5.41, 5.74) is 0. The Morgan fingerprint density at radius 3 is 2.31 bits per heavy atom. The van der Waals surface area contributed by atoms with E-state index in [2.05, 4.69) is 20.8 Å². The second-order valence-electron chi connectivity index (χ2n) is 3.91. The van der Waals surface area contributed by atoms with Crippen LogP contribution in [0.25, 0.3) is 0 Å². The molecule has 0 N–H and O–H groups in total. The summed E-state index contributed by atoms with van der Waals surface area (Å²) in [5, 5.41) is 0. The molecular formula is C12H24O. The van der Waals surface area contributed by atoms with Crippen molar-refractivity contribution < 1.29 is 4.79 Å². The maximum Gasteiger partial charge on any atom is 0.133 e. The van der Waals surface area contributed by atoms with Crippen LogP contribution in [-0.2, 0) is 4.79 Å². The van der Waals surface area contributed by atoms with Crippen LogP contribution in [0, 0.1) is 5.92 Å². The fraction of sp³-hybridized carbons (Fsp3) is 0.917. The number of hydrogen-bond donors (Lipinski definition) is 0. The van der Waals surface area contributed by atoms with Crippen molar-refractivity contribution in [1.29, 1.82) is 0 Å². The molecule has 0 heterocycles. The second-order valence-corrected chi connectivity index (χ2v) is 3.91. The fourth-order valence-electron chi connectivity index (χ4n) is 1.66. The van der Waals surface area contributed by atoms with Crippen LogP contribution < -0.4 is 0 Å². The van der Waals surface area contributed by atoms with Crippen LogP contribution in [-0.4, -0.2) is 5.78 Å². The number of ketones is 1. The van der Waals surface area contributed by atoms with Gasteiger partial charge in [-0.15, -0.1) is 0 Å². The molecule has 0 fully saturated rings. The molecule has 0 aliphatic heterocycles. The molecule has 0 radical (unpaired) electrons. The Labute approximate surface area is 82.9 Å². The third-order valence-corrected chi connectivity index (χ3v) is 2.60. The van der Waals surface area contributed by atoms with Crippen LogP contribution in [0.15, 0.2) is 0 Å². The van der Waals surface area contributed by atoms with Gasteiger partial charge < -0.3 is 0 Å². The summed E-state index contributed by atoms with van der Waals surface area (Å²) < 4.78 is 0. The summed E-state index contributed by atoms with van der Waals surface area (Å²) in [7, 11) is 0. The van der Waals surface area contributed by atoms with E-state index in [1.54, 1.807) is 0 Å². The largest absolute Gasteiger partial charge is 0.300 e. The first-order valence-electron chi connectivity index (χ1n) is 5.76. The SMILES string of the molecule is CCCCC(=O)CC(CC)CCC. The van der Waals surface area contributed by atoms with E-state index in [1.165, 1.54) is 12.8 Å². The van der Waals surface area contributed by atoms with Crippen molar-refractivity contribution in [3.05, 3.63) is 0 Å². The number of hydrogen-bond acceptors (Lipinski definition) is 1. The molecule has 0 aliphatic carbocycles. The molecule has 0 aromatic rings.